The molecular weight excluding hydrogens is 336 g/mol. The van der Waals surface area contributed by atoms with Crippen LogP contribution in [0.25, 0.3) is 11.1 Å². The lowest BCUT2D eigenvalue weighted by Crippen LogP contribution is -2.33. The average molecular weight is 358 g/mol. The molecule has 27 heavy (non-hydrogen) atoms. The Balaban J connectivity index is 1.54. The van der Waals surface area contributed by atoms with E-state index in [1.54, 1.807) is 13.1 Å². The fraction of sp³-hybridized carbons (Fsp3) is 0.130. The predicted octanol–water partition coefficient (Wildman–Crippen LogP) is 4.58. The van der Waals surface area contributed by atoms with E-state index in [0.29, 0.717) is 5.75 Å². The molecule has 0 fully saturated rings. The number of nitrogens with one attached hydrogen (secondary N) is 1. The summed E-state index contributed by atoms with van der Waals surface area (Å²) in [4.78, 5) is 12.1. The van der Waals surface area contributed by atoms with Crippen molar-refractivity contribution in [3.8, 4) is 16.9 Å². The minimum Gasteiger partial charge on any atom is -0.481 e. The largest absolute Gasteiger partial charge is 0.481 e. The third kappa shape index (κ3) is 5.28. The zero-order valence-corrected chi connectivity index (χ0v) is 15.4. The highest BCUT2D eigenvalue weighted by atomic mass is 16.5. The Morgan fingerprint density at radius 2 is 1.56 bits per heavy atom. The molecule has 3 aromatic carbocycles. The van der Waals surface area contributed by atoms with E-state index in [1.807, 2.05) is 73.7 Å². The van der Waals surface area contributed by atoms with Crippen LogP contribution in [0.1, 0.15) is 18.1 Å². The highest BCUT2D eigenvalue weighted by Gasteiger charge is 2.13. The zero-order chi connectivity index (χ0) is 19.1. The lowest BCUT2D eigenvalue weighted by atomic mass is 10.1. The van der Waals surface area contributed by atoms with Crippen LogP contribution in [0.2, 0.25) is 0 Å². The van der Waals surface area contributed by atoms with Crippen LogP contribution in [0.4, 0.5) is 0 Å². The normalized spacial score (nSPS) is 11.9. The monoisotopic (exact) mass is 358 g/mol. The molecule has 1 amide bonds. The molecule has 3 aromatic rings. The maximum absolute atomic E-state index is 12.1. The molecule has 0 spiro atoms. The number of aryl methyl sites for hydroxylation is 1. The standard InChI is InChI=1S/C23H22N2O2/c1-17-8-10-19(11-9-17)16-24-25-23(26)18(2)27-22-14-12-21(13-15-22)20-6-4-3-5-7-20/h3-16,18H,1-2H3,(H,25,26)/b24-16-/t18-/m1/s1. The molecule has 4 heteroatoms. The first-order chi connectivity index (χ1) is 13.1. The minimum atomic E-state index is -0.650. The third-order valence-corrected chi connectivity index (χ3v) is 4.11. The second-order valence-corrected chi connectivity index (χ2v) is 6.30. The molecule has 1 N–H and O–H groups in total. The number of amides is 1. The van der Waals surface area contributed by atoms with Gasteiger partial charge >= 0.3 is 0 Å². The topological polar surface area (TPSA) is 50.7 Å². The lowest BCUT2D eigenvalue weighted by molar-refractivity contribution is -0.127. The van der Waals surface area contributed by atoms with E-state index < -0.39 is 6.10 Å². The maximum Gasteiger partial charge on any atom is 0.280 e. The van der Waals surface area contributed by atoms with Crippen molar-refractivity contribution in [2.24, 2.45) is 5.10 Å². The molecule has 0 saturated heterocycles. The van der Waals surface area contributed by atoms with Crippen LogP contribution in [0.5, 0.6) is 5.75 Å². The molecule has 0 bridgehead atoms. The molecular formula is C23H22N2O2. The molecule has 0 aliphatic heterocycles. The van der Waals surface area contributed by atoms with Gasteiger partial charge in [0, 0.05) is 0 Å². The van der Waals surface area contributed by atoms with E-state index in [9.17, 15) is 4.79 Å². The second kappa shape index (κ2) is 8.81. The Hall–Kier alpha value is -3.40. The summed E-state index contributed by atoms with van der Waals surface area (Å²) in [6, 6.07) is 25.7. The molecule has 136 valence electrons. The van der Waals surface area contributed by atoms with Gasteiger partial charge in [0.1, 0.15) is 5.75 Å². The summed E-state index contributed by atoms with van der Waals surface area (Å²) in [5.41, 5.74) is 6.85. The smallest absolute Gasteiger partial charge is 0.280 e. The van der Waals surface area contributed by atoms with Gasteiger partial charge in [-0.3, -0.25) is 4.79 Å². The van der Waals surface area contributed by atoms with Crippen molar-refractivity contribution in [3.05, 3.63) is 90.0 Å². The molecule has 0 radical (unpaired) electrons. The molecule has 0 unspecified atom stereocenters. The van der Waals surface area contributed by atoms with Crippen LogP contribution in [0, 0.1) is 6.92 Å². The van der Waals surface area contributed by atoms with Crippen molar-refractivity contribution >= 4 is 12.1 Å². The van der Waals surface area contributed by atoms with E-state index in [0.717, 1.165) is 16.7 Å². The van der Waals surface area contributed by atoms with Gasteiger partial charge in [-0.25, -0.2) is 5.43 Å². The molecule has 0 saturated carbocycles. The number of hydrogen-bond donors (Lipinski definition) is 1. The van der Waals surface area contributed by atoms with Crippen molar-refractivity contribution in [3.63, 3.8) is 0 Å². The van der Waals surface area contributed by atoms with Crippen molar-refractivity contribution in [1.29, 1.82) is 0 Å². The summed E-state index contributed by atoms with van der Waals surface area (Å²) < 4.78 is 5.70. The Morgan fingerprint density at radius 3 is 2.22 bits per heavy atom. The van der Waals surface area contributed by atoms with Crippen molar-refractivity contribution < 1.29 is 9.53 Å². The quantitative estimate of drug-likeness (QED) is 0.518. The highest BCUT2D eigenvalue weighted by molar-refractivity contribution is 5.84. The number of carbonyl (C=O) groups is 1. The fourth-order valence-corrected chi connectivity index (χ4v) is 2.53. The van der Waals surface area contributed by atoms with Gasteiger partial charge in [0.05, 0.1) is 6.21 Å². The number of hydrazone groups is 1. The van der Waals surface area contributed by atoms with Crippen LogP contribution in [0.3, 0.4) is 0 Å². The molecule has 1 atom stereocenters. The third-order valence-electron chi connectivity index (χ3n) is 4.11. The summed E-state index contributed by atoms with van der Waals surface area (Å²) >= 11 is 0. The van der Waals surface area contributed by atoms with Gasteiger partial charge in [-0.2, -0.15) is 5.10 Å². The van der Waals surface area contributed by atoms with Crippen LogP contribution in [-0.4, -0.2) is 18.2 Å². The Kier molecular flexibility index (Phi) is 6.00. The SMILES string of the molecule is Cc1ccc(/C=N\NC(=O)[C@@H](C)Oc2ccc(-c3ccccc3)cc2)cc1. The molecule has 0 aromatic heterocycles. The molecule has 0 heterocycles. The molecule has 3 rings (SSSR count). The van der Waals surface area contributed by atoms with Crippen LogP contribution < -0.4 is 10.2 Å². The van der Waals surface area contributed by atoms with E-state index in [1.165, 1.54) is 5.56 Å². The number of carbonyl (C=O) groups excluding carboxylic acids is 1. The number of benzene rings is 3. The van der Waals surface area contributed by atoms with E-state index >= 15 is 0 Å². The summed E-state index contributed by atoms with van der Waals surface area (Å²) in [6.45, 7) is 3.72. The average Bonchev–Trinajstić information content (AvgIpc) is 2.70. The first kappa shape index (κ1) is 18.4. The van der Waals surface area contributed by atoms with Crippen LogP contribution >= 0.6 is 0 Å². The van der Waals surface area contributed by atoms with Gasteiger partial charge in [-0.1, -0.05) is 72.3 Å². The molecule has 0 aliphatic carbocycles. The Labute approximate surface area is 159 Å². The molecule has 4 nitrogen and oxygen atoms in total. The predicted molar refractivity (Wildman–Crippen MR) is 109 cm³/mol. The van der Waals surface area contributed by atoms with Gasteiger partial charge in [-0.15, -0.1) is 0 Å². The van der Waals surface area contributed by atoms with Crippen LogP contribution in [0.15, 0.2) is 84.0 Å². The first-order valence-electron chi connectivity index (χ1n) is 8.83. The van der Waals surface area contributed by atoms with Crippen molar-refractivity contribution in [1.82, 2.24) is 5.43 Å². The Morgan fingerprint density at radius 1 is 0.926 bits per heavy atom. The molecule has 0 aliphatic rings. The number of hydrogen-bond acceptors (Lipinski definition) is 3. The number of nitrogens with zero attached hydrogens (tertiary/aromatic N) is 1. The van der Waals surface area contributed by atoms with Gasteiger partial charge in [-0.05, 0) is 42.7 Å². The first-order valence-corrected chi connectivity index (χ1v) is 8.83. The summed E-state index contributed by atoms with van der Waals surface area (Å²) in [5, 5.41) is 3.98. The summed E-state index contributed by atoms with van der Waals surface area (Å²) in [7, 11) is 0. The van der Waals surface area contributed by atoms with E-state index in [4.69, 9.17) is 4.74 Å². The van der Waals surface area contributed by atoms with Gasteiger partial charge in [0.25, 0.3) is 5.91 Å². The van der Waals surface area contributed by atoms with Crippen molar-refractivity contribution in [2.75, 3.05) is 0 Å². The zero-order valence-electron chi connectivity index (χ0n) is 15.4. The lowest BCUT2D eigenvalue weighted by Gasteiger charge is -2.13. The second-order valence-electron chi connectivity index (χ2n) is 6.30. The highest BCUT2D eigenvalue weighted by Crippen LogP contribution is 2.22. The Bertz CT molecular complexity index is 901. The van der Waals surface area contributed by atoms with E-state index in [-0.39, 0.29) is 5.91 Å². The fourth-order valence-electron chi connectivity index (χ4n) is 2.53. The van der Waals surface area contributed by atoms with Crippen molar-refractivity contribution in [2.45, 2.75) is 20.0 Å². The van der Waals surface area contributed by atoms with E-state index in [2.05, 4.69) is 22.7 Å². The number of rotatable bonds is 6. The summed E-state index contributed by atoms with van der Waals surface area (Å²) in [5.74, 6) is 0.338. The maximum atomic E-state index is 12.1. The van der Waals surface area contributed by atoms with Crippen LogP contribution in [-0.2, 0) is 4.79 Å². The summed E-state index contributed by atoms with van der Waals surface area (Å²) in [6.07, 6.45) is 0.960. The van der Waals surface area contributed by atoms with Gasteiger partial charge in [0.2, 0.25) is 0 Å². The number of ether oxygens (including phenoxy) is 1. The minimum absolute atomic E-state index is 0.300. The van der Waals surface area contributed by atoms with Gasteiger partial charge < -0.3 is 4.74 Å². The van der Waals surface area contributed by atoms with Gasteiger partial charge in [0.15, 0.2) is 6.10 Å².